The summed E-state index contributed by atoms with van der Waals surface area (Å²) in [7, 11) is 0. The van der Waals surface area contributed by atoms with Crippen LogP contribution in [0.4, 0.5) is 11.4 Å². The highest BCUT2D eigenvalue weighted by atomic mass is 16.6. The van der Waals surface area contributed by atoms with Crippen molar-refractivity contribution >= 4 is 17.3 Å². The molecule has 2 aliphatic heterocycles. The van der Waals surface area contributed by atoms with Crippen LogP contribution in [0, 0.1) is 10.1 Å². The number of piperazine rings is 1. The first kappa shape index (κ1) is 21.3. The van der Waals surface area contributed by atoms with Crippen LogP contribution in [0.5, 0.6) is 0 Å². The van der Waals surface area contributed by atoms with Crippen LogP contribution in [-0.4, -0.2) is 72.5 Å². The maximum absolute atomic E-state index is 13.0. The maximum atomic E-state index is 13.0. The third-order valence-corrected chi connectivity index (χ3v) is 5.92. The van der Waals surface area contributed by atoms with Gasteiger partial charge in [-0.25, -0.2) is 0 Å². The molecule has 2 unspecified atom stereocenters. The summed E-state index contributed by atoms with van der Waals surface area (Å²) >= 11 is 0. The topological polar surface area (TPSA) is 79.2 Å². The Morgan fingerprint density at radius 2 is 1.71 bits per heavy atom. The lowest BCUT2D eigenvalue weighted by molar-refractivity contribution is -0.384. The van der Waals surface area contributed by atoms with Crippen LogP contribution >= 0.6 is 0 Å². The summed E-state index contributed by atoms with van der Waals surface area (Å²) in [6.07, 6.45) is 0.0236. The fourth-order valence-corrected chi connectivity index (χ4v) is 4.39. The molecule has 8 heteroatoms. The van der Waals surface area contributed by atoms with Gasteiger partial charge in [-0.3, -0.25) is 19.8 Å². The van der Waals surface area contributed by atoms with Gasteiger partial charge in [-0.2, -0.15) is 0 Å². The minimum Gasteiger partial charge on any atom is -0.368 e. The second-order valence-corrected chi connectivity index (χ2v) is 8.15. The van der Waals surface area contributed by atoms with E-state index in [0.717, 1.165) is 12.1 Å². The minimum atomic E-state index is -0.352. The number of hydrogen-bond acceptors (Lipinski definition) is 6. The van der Waals surface area contributed by atoms with Crippen LogP contribution in [0.1, 0.15) is 18.6 Å². The monoisotopic (exact) mass is 424 g/mol. The smallest absolute Gasteiger partial charge is 0.292 e. The summed E-state index contributed by atoms with van der Waals surface area (Å²) < 4.78 is 6.09. The standard InChI is InChI=1S/C23H28N4O4/c1-18-15-24(16-22(31-18)19-7-3-2-4-8-19)17-23(28)26-13-11-25(12-14-26)20-9-5-6-10-21(20)27(29)30/h2-10,18,22H,11-17H2,1H3. The molecule has 2 saturated heterocycles. The molecule has 0 spiro atoms. The van der Waals surface area contributed by atoms with Crippen molar-refractivity contribution < 1.29 is 14.5 Å². The van der Waals surface area contributed by atoms with Crippen LogP contribution in [0.3, 0.4) is 0 Å². The Balaban J connectivity index is 1.33. The van der Waals surface area contributed by atoms with Gasteiger partial charge in [0.2, 0.25) is 5.91 Å². The number of carbonyl (C=O) groups is 1. The highest BCUT2D eigenvalue weighted by Gasteiger charge is 2.30. The van der Waals surface area contributed by atoms with E-state index in [1.807, 2.05) is 41.0 Å². The van der Waals surface area contributed by atoms with Crippen molar-refractivity contribution in [2.24, 2.45) is 0 Å². The second kappa shape index (κ2) is 9.45. The normalized spacial score (nSPS) is 22.4. The summed E-state index contributed by atoms with van der Waals surface area (Å²) in [4.78, 5) is 29.9. The molecule has 2 aromatic carbocycles. The Morgan fingerprint density at radius 1 is 1.03 bits per heavy atom. The number of nitro groups is 1. The lowest BCUT2D eigenvalue weighted by atomic mass is 10.1. The number of amides is 1. The van der Waals surface area contributed by atoms with E-state index in [-0.39, 0.29) is 28.7 Å². The number of carbonyl (C=O) groups excluding carboxylic acids is 1. The van der Waals surface area contributed by atoms with Gasteiger partial charge in [0.25, 0.3) is 5.69 Å². The quantitative estimate of drug-likeness (QED) is 0.542. The molecule has 2 aromatic rings. The second-order valence-electron chi connectivity index (χ2n) is 8.15. The first-order valence-corrected chi connectivity index (χ1v) is 10.7. The van der Waals surface area contributed by atoms with Crippen molar-refractivity contribution in [1.29, 1.82) is 0 Å². The fourth-order valence-electron chi connectivity index (χ4n) is 4.39. The first-order chi connectivity index (χ1) is 15.0. The Bertz CT molecular complexity index is 915. The average Bonchev–Trinajstić information content (AvgIpc) is 2.79. The van der Waals surface area contributed by atoms with Gasteiger partial charge in [-0.05, 0) is 18.6 Å². The zero-order valence-corrected chi connectivity index (χ0v) is 17.7. The number of rotatable bonds is 5. The molecule has 1 amide bonds. The van der Waals surface area contributed by atoms with Crippen molar-refractivity contribution in [1.82, 2.24) is 9.80 Å². The van der Waals surface area contributed by atoms with Gasteiger partial charge in [0.1, 0.15) is 5.69 Å². The van der Waals surface area contributed by atoms with E-state index in [1.54, 1.807) is 12.1 Å². The number of nitrogens with zero attached hydrogens (tertiary/aromatic N) is 4. The Morgan fingerprint density at radius 3 is 2.42 bits per heavy atom. The van der Waals surface area contributed by atoms with Crippen LogP contribution in [0.2, 0.25) is 0 Å². The molecule has 0 saturated carbocycles. The average molecular weight is 425 g/mol. The molecule has 31 heavy (non-hydrogen) atoms. The van der Waals surface area contributed by atoms with Crippen molar-refractivity contribution in [3.63, 3.8) is 0 Å². The van der Waals surface area contributed by atoms with E-state index < -0.39 is 0 Å². The van der Waals surface area contributed by atoms with Gasteiger partial charge in [-0.15, -0.1) is 0 Å². The Kier molecular flexibility index (Phi) is 6.48. The van der Waals surface area contributed by atoms with Gasteiger partial charge in [-0.1, -0.05) is 42.5 Å². The molecule has 8 nitrogen and oxygen atoms in total. The number of hydrogen-bond donors (Lipinski definition) is 0. The third kappa shape index (κ3) is 5.03. The van der Waals surface area contributed by atoms with E-state index in [9.17, 15) is 14.9 Å². The number of para-hydroxylation sites is 2. The lowest BCUT2D eigenvalue weighted by Crippen LogP contribution is -2.53. The van der Waals surface area contributed by atoms with E-state index >= 15 is 0 Å². The predicted molar refractivity (Wildman–Crippen MR) is 118 cm³/mol. The van der Waals surface area contributed by atoms with Crippen LogP contribution in [0.25, 0.3) is 0 Å². The number of morpholine rings is 1. The highest BCUT2D eigenvalue weighted by molar-refractivity contribution is 5.78. The molecule has 2 fully saturated rings. The minimum absolute atomic E-state index is 0.0340. The molecule has 164 valence electrons. The summed E-state index contributed by atoms with van der Waals surface area (Å²) in [6, 6.07) is 16.9. The number of ether oxygens (including phenoxy) is 1. The maximum Gasteiger partial charge on any atom is 0.292 e. The molecule has 0 bridgehead atoms. The van der Waals surface area contributed by atoms with E-state index in [1.165, 1.54) is 6.07 Å². The van der Waals surface area contributed by atoms with Crippen LogP contribution in [0.15, 0.2) is 54.6 Å². The summed E-state index contributed by atoms with van der Waals surface area (Å²) in [6.45, 7) is 6.12. The van der Waals surface area contributed by atoms with Gasteiger partial charge < -0.3 is 14.5 Å². The fraction of sp³-hybridized carbons (Fsp3) is 0.435. The summed E-state index contributed by atoms with van der Waals surface area (Å²) in [5.74, 6) is 0.100. The molecule has 0 aromatic heterocycles. The molecular weight excluding hydrogens is 396 g/mol. The predicted octanol–water partition coefficient (Wildman–Crippen LogP) is 2.71. The molecule has 2 heterocycles. The number of nitro benzene ring substituents is 1. The van der Waals surface area contributed by atoms with Gasteiger partial charge in [0, 0.05) is 45.3 Å². The molecule has 2 aliphatic rings. The molecule has 0 radical (unpaired) electrons. The largest absolute Gasteiger partial charge is 0.368 e. The SMILES string of the molecule is CC1CN(CC(=O)N2CCN(c3ccccc3[N+](=O)[O-])CC2)CC(c2ccccc2)O1. The van der Waals surface area contributed by atoms with Gasteiger partial charge >= 0.3 is 0 Å². The zero-order valence-electron chi connectivity index (χ0n) is 17.7. The van der Waals surface area contributed by atoms with Crippen molar-refractivity contribution in [2.75, 3.05) is 50.7 Å². The van der Waals surface area contributed by atoms with E-state index in [4.69, 9.17) is 4.74 Å². The lowest BCUT2D eigenvalue weighted by Gasteiger charge is -2.39. The van der Waals surface area contributed by atoms with E-state index in [2.05, 4.69) is 17.0 Å². The molecule has 0 aliphatic carbocycles. The number of benzene rings is 2. The van der Waals surface area contributed by atoms with E-state index in [0.29, 0.717) is 45.0 Å². The zero-order chi connectivity index (χ0) is 21.8. The van der Waals surface area contributed by atoms with Gasteiger partial charge in [0.15, 0.2) is 0 Å². The molecule has 2 atom stereocenters. The first-order valence-electron chi connectivity index (χ1n) is 10.7. The van der Waals surface area contributed by atoms with Crippen molar-refractivity contribution in [3.05, 3.63) is 70.3 Å². The summed E-state index contributed by atoms with van der Waals surface area (Å²) in [5.41, 5.74) is 1.86. The summed E-state index contributed by atoms with van der Waals surface area (Å²) in [5, 5.41) is 11.3. The van der Waals surface area contributed by atoms with Crippen LogP contribution in [-0.2, 0) is 9.53 Å². The third-order valence-electron chi connectivity index (χ3n) is 5.92. The van der Waals surface area contributed by atoms with Crippen LogP contribution < -0.4 is 4.90 Å². The Hall–Kier alpha value is -2.97. The van der Waals surface area contributed by atoms with Crippen molar-refractivity contribution in [3.8, 4) is 0 Å². The Labute approximate surface area is 182 Å². The highest BCUT2D eigenvalue weighted by Crippen LogP contribution is 2.29. The van der Waals surface area contributed by atoms with Gasteiger partial charge in [0.05, 0.1) is 23.7 Å². The molecule has 0 N–H and O–H groups in total. The molecular formula is C23H28N4O4. The molecule has 4 rings (SSSR count). The van der Waals surface area contributed by atoms with Crippen molar-refractivity contribution in [2.45, 2.75) is 19.1 Å². The number of anilines is 1.